The Hall–Kier alpha value is -1.62. The molecule has 0 radical (unpaired) electrons. The number of nitrogens with zero attached hydrogens (tertiary/aromatic N) is 1. The molecule has 0 bridgehead atoms. The molecular weight excluding hydrogens is 184 g/mol. The standard InChI is InChI=1S/C9H10N2O3/c12-9-2-1-6(7-3-4-10-7)5-8(9)11(13)14/h1-2,5,7,10,12H,3-4H2. The van der Waals surface area contributed by atoms with Gasteiger partial charge in [0.1, 0.15) is 0 Å². The first kappa shape index (κ1) is 8.96. The summed E-state index contributed by atoms with van der Waals surface area (Å²) in [6.07, 6.45) is 0.988. The third-order valence-electron chi connectivity index (χ3n) is 2.42. The first-order valence-corrected chi connectivity index (χ1v) is 4.39. The predicted molar refractivity (Wildman–Crippen MR) is 50.1 cm³/mol. The van der Waals surface area contributed by atoms with Gasteiger partial charge in [-0.1, -0.05) is 6.07 Å². The van der Waals surface area contributed by atoms with Crippen molar-refractivity contribution in [3.8, 4) is 5.75 Å². The molecule has 1 aromatic rings. The number of aromatic hydroxyl groups is 1. The van der Waals surface area contributed by atoms with E-state index in [0.29, 0.717) is 0 Å². The number of nitrogens with one attached hydrogen (secondary N) is 1. The molecule has 0 aromatic heterocycles. The number of hydrogen-bond acceptors (Lipinski definition) is 4. The summed E-state index contributed by atoms with van der Waals surface area (Å²) in [5.41, 5.74) is 0.636. The number of benzene rings is 1. The Labute approximate surface area is 80.5 Å². The minimum Gasteiger partial charge on any atom is -0.502 e. The molecule has 1 unspecified atom stereocenters. The normalized spacial score (nSPS) is 20.1. The van der Waals surface area contributed by atoms with Gasteiger partial charge in [-0.25, -0.2) is 0 Å². The van der Waals surface area contributed by atoms with Crippen molar-refractivity contribution in [1.82, 2.24) is 5.32 Å². The van der Waals surface area contributed by atoms with Crippen molar-refractivity contribution in [1.29, 1.82) is 0 Å². The maximum atomic E-state index is 10.5. The SMILES string of the molecule is O=[N+]([O-])c1cc(C2CCN2)ccc1O. The average molecular weight is 194 g/mol. The lowest BCUT2D eigenvalue weighted by Crippen LogP contribution is -2.34. The maximum Gasteiger partial charge on any atom is 0.311 e. The van der Waals surface area contributed by atoms with Crippen LogP contribution in [0.25, 0.3) is 0 Å². The van der Waals surface area contributed by atoms with Gasteiger partial charge in [0.15, 0.2) is 5.75 Å². The fourth-order valence-corrected chi connectivity index (χ4v) is 1.48. The van der Waals surface area contributed by atoms with E-state index in [9.17, 15) is 15.2 Å². The molecule has 1 aliphatic rings. The van der Waals surface area contributed by atoms with Gasteiger partial charge in [-0.3, -0.25) is 10.1 Å². The Morgan fingerprint density at radius 3 is 2.79 bits per heavy atom. The molecule has 14 heavy (non-hydrogen) atoms. The van der Waals surface area contributed by atoms with Crippen molar-refractivity contribution in [2.75, 3.05) is 6.54 Å². The van der Waals surface area contributed by atoms with Crippen LogP contribution in [0.3, 0.4) is 0 Å². The quantitative estimate of drug-likeness (QED) is 0.550. The van der Waals surface area contributed by atoms with Crippen LogP contribution >= 0.6 is 0 Å². The van der Waals surface area contributed by atoms with Gasteiger partial charge in [-0.2, -0.15) is 0 Å². The number of phenols is 1. The molecule has 0 spiro atoms. The van der Waals surface area contributed by atoms with Crippen molar-refractivity contribution in [3.05, 3.63) is 33.9 Å². The molecule has 5 nitrogen and oxygen atoms in total. The van der Waals surface area contributed by atoms with Crippen molar-refractivity contribution < 1.29 is 10.0 Å². The van der Waals surface area contributed by atoms with Crippen LogP contribution in [0.5, 0.6) is 5.75 Å². The molecule has 1 atom stereocenters. The van der Waals surface area contributed by atoms with Crippen LogP contribution in [0.2, 0.25) is 0 Å². The molecule has 2 N–H and O–H groups in total. The zero-order valence-electron chi connectivity index (χ0n) is 7.43. The van der Waals surface area contributed by atoms with Crippen molar-refractivity contribution >= 4 is 5.69 Å². The van der Waals surface area contributed by atoms with E-state index in [-0.39, 0.29) is 17.5 Å². The van der Waals surface area contributed by atoms with Crippen molar-refractivity contribution in [3.63, 3.8) is 0 Å². The van der Waals surface area contributed by atoms with E-state index in [1.807, 2.05) is 0 Å². The highest BCUT2D eigenvalue weighted by atomic mass is 16.6. The van der Waals surface area contributed by atoms with Crippen LogP contribution < -0.4 is 5.32 Å². The summed E-state index contributed by atoms with van der Waals surface area (Å²) in [5, 5.41) is 22.9. The highest BCUT2D eigenvalue weighted by molar-refractivity contribution is 5.48. The van der Waals surface area contributed by atoms with E-state index in [1.54, 1.807) is 6.07 Å². The van der Waals surface area contributed by atoms with Crippen molar-refractivity contribution in [2.45, 2.75) is 12.5 Å². The largest absolute Gasteiger partial charge is 0.502 e. The van der Waals surface area contributed by atoms with Gasteiger partial charge in [-0.05, 0) is 24.6 Å². The second kappa shape index (κ2) is 3.26. The number of hydrogen-bond donors (Lipinski definition) is 2. The molecule has 2 rings (SSSR count). The Morgan fingerprint density at radius 1 is 1.57 bits per heavy atom. The third kappa shape index (κ3) is 1.42. The molecule has 1 aliphatic heterocycles. The van der Waals surface area contributed by atoms with Crippen LogP contribution in [0, 0.1) is 10.1 Å². The Bertz CT molecular complexity index is 374. The van der Waals surface area contributed by atoms with Gasteiger partial charge >= 0.3 is 5.69 Å². The topological polar surface area (TPSA) is 75.4 Å². The minimum absolute atomic E-state index is 0.203. The van der Waals surface area contributed by atoms with Gasteiger partial charge < -0.3 is 10.4 Å². The molecule has 1 saturated heterocycles. The van der Waals surface area contributed by atoms with E-state index < -0.39 is 4.92 Å². The van der Waals surface area contributed by atoms with E-state index in [4.69, 9.17) is 0 Å². The van der Waals surface area contributed by atoms with Gasteiger partial charge in [0.2, 0.25) is 0 Å². The average Bonchev–Trinajstić information content (AvgIpc) is 2.04. The van der Waals surface area contributed by atoms with Crippen molar-refractivity contribution in [2.24, 2.45) is 0 Å². The van der Waals surface area contributed by atoms with Gasteiger partial charge in [0, 0.05) is 12.1 Å². The summed E-state index contributed by atoms with van der Waals surface area (Å²) in [6, 6.07) is 4.70. The third-order valence-corrected chi connectivity index (χ3v) is 2.42. The van der Waals surface area contributed by atoms with Gasteiger partial charge in [0.25, 0.3) is 0 Å². The van der Waals surface area contributed by atoms with Crippen LogP contribution in [0.1, 0.15) is 18.0 Å². The van der Waals surface area contributed by atoms with Crippen LogP contribution in [0.4, 0.5) is 5.69 Å². The molecule has 1 aromatic carbocycles. The summed E-state index contributed by atoms with van der Waals surface area (Å²) in [6.45, 7) is 0.944. The number of nitro benzene ring substituents is 1. The summed E-state index contributed by atoms with van der Waals surface area (Å²) >= 11 is 0. The number of rotatable bonds is 2. The zero-order chi connectivity index (χ0) is 10.1. The second-order valence-electron chi connectivity index (χ2n) is 3.30. The Kier molecular flexibility index (Phi) is 2.09. The predicted octanol–water partition coefficient (Wildman–Crippen LogP) is 1.33. The Morgan fingerprint density at radius 2 is 2.29 bits per heavy atom. The minimum atomic E-state index is -0.572. The Balaban J connectivity index is 2.34. The highest BCUT2D eigenvalue weighted by Crippen LogP contribution is 2.31. The molecule has 0 amide bonds. The van der Waals surface area contributed by atoms with Gasteiger partial charge in [-0.15, -0.1) is 0 Å². The van der Waals surface area contributed by atoms with E-state index in [2.05, 4.69) is 5.32 Å². The lowest BCUT2D eigenvalue weighted by molar-refractivity contribution is -0.385. The summed E-state index contributed by atoms with van der Waals surface area (Å²) in [5.74, 6) is -0.280. The van der Waals surface area contributed by atoms with Gasteiger partial charge in [0.05, 0.1) is 4.92 Å². The van der Waals surface area contributed by atoms with Crippen LogP contribution in [0.15, 0.2) is 18.2 Å². The molecule has 0 aliphatic carbocycles. The lowest BCUT2D eigenvalue weighted by Gasteiger charge is -2.27. The summed E-state index contributed by atoms with van der Waals surface area (Å²) in [7, 11) is 0. The highest BCUT2D eigenvalue weighted by Gasteiger charge is 2.22. The van der Waals surface area contributed by atoms with E-state index >= 15 is 0 Å². The van der Waals surface area contributed by atoms with E-state index in [1.165, 1.54) is 12.1 Å². The number of phenolic OH excluding ortho intramolecular Hbond substituents is 1. The second-order valence-corrected chi connectivity index (χ2v) is 3.30. The fraction of sp³-hybridized carbons (Fsp3) is 0.333. The zero-order valence-corrected chi connectivity index (χ0v) is 7.43. The van der Waals surface area contributed by atoms with Crippen LogP contribution in [-0.4, -0.2) is 16.6 Å². The number of nitro groups is 1. The lowest BCUT2D eigenvalue weighted by atomic mass is 9.97. The molecular formula is C9H10N2O3. The monoisotopic (exact) mass is 194 g/mol. The molecule has 1 heterocycles. The van der Waals surface area contributed by atoms with Crippen LogP contribution in [-0.2, 0) is 0 Å². The first-order valence-electron chi connectivity index (χ1n) is 4.39. The molecule has 74 valence electrons. The maximum absolute atomic E-state index is 10.5. The fourth-order valence-electron chi connectivity index (χ4n) is 1.48. The first-order chi connectivity index (χ1) is 6.68. The molecule has 0 saturated carbocycles. The molecule has 1 fully saturated rings. The summed E-state index contributed by atoms with van der Waals surface area (Å²) in [4.78, 5) is 9.96. The molecule has 5 heteroatoms. The summed E-state index contributed by atoms with van der Waals surface area (Å²) < 4.78 is 0. The van der Waals surface area contributed by atoms with E-state index in [0.717, 1.165) is 18.5 Å². The smallest absolute Gasteiger partial charge is 0.311 e.